The van der Waals surface area contributed by atoms with Gasteiger partial charge in [0.1, 0.15) is 6.61 Å². The SMILES string of the molecule is CN=C1NCCO/C1=C\C1=C2CCC2=C(n2cnc(C)c2)CC=C1. The minimum Gasteiger partial charge on any atom is -0.488 e. The van der Waals surface area contributed by atoms with E-state index in [0.717, 1.165) is 43.1 Å². The Kier molecular flexibility index (Phi) is 3.84. The minimum atomic E-state index is 0.680. The number of imidazole rings is 1. The molecule has 1 saturated carbocycles. The molecule has 1 saturated heterocycles. The van der Waals surface area contributed by atoms with Crippen molar-refractivity contribution in [1.29, 1.82) is 0 Å². The summed E-state index contributed by atoms with van der Waals surface area (Å²) < 4.78 is 7.98. The maximum Gasteiger partial charge on any atom is 0.164 e. The van der Waals surface area contributed by atoms with Gasteiger partial charge in [-0.3, -0.25) is 4.99 Å². The van der Waals surface area contributed by atoms with Crippen LogP contribution in [0.5, 0.6) is 0 Å². The Labute approximate surface area is 142 Å². The number of allylic oxidation sites excluding steroid dienone is 7. The number of hydrogen-bond donors (Lipinski definition) is 1. The summed E-state index contributed by atoms with van der Waals surface area (Å²) in [4.78, 5) is 8.66. The zero-order valence-electron chi connectivity index (χ0n) is 14.2. The number of fused-ring (bicyclic) bond motifs is 1. The van der Waals surface area contributed by atoms with Crippen LogP contribution in [-0.2, 0) is 4.74 Å². The minimum absolute atomic E-state index is 0.680. The number of morpholine rings is 1. The van der Waals surface area contributed by atoms with Crippen LogP contribution in [0.25, 0.3) is 5.70 Å². The van der Waals surface area contributed by atoms with Gasteiger partial charge in [-0.1, -0.05) is 12.2 Å². The molecule has 2 fully saturated rings. The van der Waals surface area contributed by atoms with Crippen LogP contribution in [0, 0.1) is 6.92 Å². The van der Waals surface area contributed by atoms with Crippen molar-refractivity contribution in [3.63, 3.8) is 0 Å². The predicted octanol–water partition coefficient (Wildman–Crippen LogP) is 2.98. The lowest BCUT2D eigenvalue weighted by molar-refractivity contribution is 0.219. The van der Waals surface area contributed by atoms with Crippen molar-refractivity contribution < 1.29 is 4.74 Å². The van der Waals surface area contributed by atoms with E-state index in [9.17, 15) is 0 Å². The maximum atomic E-state index is 5.82. The van der Waals surface area contributed by atoms with Crippen LogP contribution in [-0.4, -0.2) is 35.6 Å². The van der Waals surface area contributed by atoms with Crippen molar-refractivity contribution >= 4 is 11.5 Å². The smallest absolute Gasteiger partial charge is 0.164 e. The Morgan fingerprint density at radius 3 is 2.92 bits per heavy atom. The number of nitrogens with one attached hydrogen (secondary N) is 1. The second-order valence-electron chi connectivity index (χ2n) is 6.24. The lowest BCUT2D eigenvalue weighted by Crippen LogP contribution is -2.35. The van der Waals surface area contributed by atoms with Crippen LogP contribution in [0.4, 0.5) is 0 Å². The van der Waals surface area contributed by atoms with Crippen LogP contribution < -0.4 is 5.32 Å². The van der Waals surface area contributed by atoms with Gasteiger partial charge >= 0.3 is 0 Å². The number of amidine groups is 1. The monoisotopic (exact) mass is 322 g/mol. The van der Waals surface area contributed by atoms with Gasteiger partial charge in [-0.15, -0.1) is 0 Å². The van der Waals surface area contributed by atoms with Crippen LogP contribution in [0.2, 0.25) is 0 Å². The maximum absolute atomic E-state index is 5.82. The van der Waals surface area contributed by atoms with Crippen LogP contribution in [0.1, 0.15) is 25.0 Å². The van der Waals surface area contributed by atoms with Crippen molar-refractivity contribution in [3.05, 3.63) is 58.9 Å². The fraction of sp³-hybridized carbons (Fsp3) is 0.368. The summed E-state index contributed by atoms with van der Waals surface area (Å²) in [6.45, 7) is 3.52. The van der Waals surface area contributed by atoms with Crippen LogP contribution in [0.3, 0.4) is 0 Å². The van der Waals surface area contributed by atoms with E-state index in [1.54, 1.807) is 7.05 Å². The quantitative estimate of drug-likeness (QED) is 0.911. The molecule has 3 aliphatic rings. The molecule has 0 bridgehead atoms. The zero-order chi connectivity index (χ0) is 16.5. The third kappa shape index (κ3) is 2.60. The van der Waals surface area contributed by atoms with Gasteiger partial charge < -0.3 is 14.6 Å². The van der Waals surface area contributed by atoms with E-state index in [1.807, 2.05) is 13.3 Å². The topological polar surface area (TPSA) is 51.4 Å². The van der Waals surface area contributed by atoms with E-state index in [0.29, 0.717) is 6.61 Å². The summed E-state index contributed by atoms with van der Waals surface area (Å²) in [6.07, 6.45) is 13.8. The molecule has 0 atom stereocenters. The van der Waals surface area contributed by atoms with E-state index < -0.39 is 0 Å². The van der Waals surface area contributed by atoms with Gasteiger partial charge in [-0.05, 0) is 42.6 Å². The number of nitrogens with zero attached hydrogens (tertiary/aromatic N) is 3. The highest BCUT2D eigenvalue weighted by molar-refractivity contribution is 5.97. The summed E-state index contributed by atoms with van der Waals surface area (Å²) in [6, 6.07) is 0. The summed E-state index contributed by atoms with van der Waals surface area (Å²) in [5.41, 5.74) is 6.50. The zero-order valence-corrected chi connectivity index (χ0v) is 14.2. The number of aliphatic imine (C=N–C) groups is 1. The van der Waals surface area contributed by atoms with Crippen LogP contribution >= 0.6 is 0 Å². The van der Waals surface area contributed by atoms with E-state index >= 15 is 0 Å². The molecule has 0 aromatic carbocycles. The van der Waals surface area contributed by atoms with Gasteiger partial charge in [0.15, 0.2) is 11.6 Å². The molecule has 2 heterocycles. The molecule has 0 amide bonds. The second-order valence-corrected chi connectivity index (χ2v) is 6.24. The lowest BCUT2D eigenvalue weighted by Gasteiger charge is -2.27. The Hall–Kier alpha value is -2.56. The highest BCUT2D eigenvalue weighted by atomic mass is 16.5. The standard InChI is InChI=1S/C19H22N4O/c1-13-11-23(12-22-13)17-5-3-4-14(15-6-7-16(15)17)10-18-19(20-2)21-8-9-24-18/h3-4,10-12H,5-9H2,1-2H3,(H,20,21)/b18-10-. The average Bonchev–Trinajstić information content (AvgIpc) is 2.94. The fourth-order valence-corrected chi connectivity index (χ4v) is 3.43. The van der Waals surface area contributed by atoms with E-state index in [4.69, 9.17) is 4.74 Å². The predicted molar refractivity (Wildman–Crippen MR) is 95.6 cm³/mol. The normalized spacial score (nSPS) is 23.8. The van der Waals surface area contributed by atoms with Crippen molar-refractivity contribution in [2.24, 2.45) is 4.99 Å². The lowest BCUT2D eigenvalue weighted by atomic mass is 9.81. The third-order valence-electron chi connectivity index (χ3n) is 4.71. The largest absolute Gasteiger partial charge is 0.488 e. The molecular weight excluding hydrogens is 300 g/mol. The molecule has 0 spiro atoms. The Bertz CT molecular complexity index is 820. The summed E-state index contributed by atoms with van der Waals surface area (Å²) in [7, 11) is 1.79. The molecule has 2 aliphatic carbocycles. The number of aromatic nitrogens is 2. The molecule has 0 unspecified atom stereocenters. The molecular formula is C19H22N4O. The summed E-state index contributed by atoms with van der Waals surface area (Å²) in [5, 5.41) is 3.29. The number of hydrogen-bond acceptors (Lipinski definition) is 3. The Morgan fingerprint density at radius 2 is 2.21 bits per heavy atom. The number of rotatable bonds is 2. The molecule has 24 heavy (non-hydrogen) atoms. The first-order valence-electron chi connectivity index (χ1n) is 8.45. The third-order valence-corrected chi connectivity index (χ3v) is 4.71. The first-order valence-corrected chi connectivity index (χ1v) is 8.45. The molecule has 5 heteroatoms. The molecule has 1 aromatic rings. The molecule has 4 rings (SSSR count). The number of aryl methyl sites for hydroxylation is 1. The average molecular weight is 322 g/mol. The van der Waals surface area contributed by atoms with E-state index in [2.05, 4.69) is 44.3 Å². The van der Waals surface area contributed by atoms with Gasteiger partial charge in [0.2, 0.25) is 0 Å². The summed E-state index contributed by atoms with van der Waals surface area (Å²) in [5.74, 6) is 1.67. The number of ether oxygens (including phenoxy) is 1. The Balaban J connectivity index is 1.74. The molecule has 5 nitrogen and oxygen atoms in total. The highest BCUT2D eigenvalue weighted by Gasteiger charge is 2.26. The first kappa shape index (κ1) is 15.0. The molecule has 1 aliphatic heterocycles. The molecule has 124 valence electrons. The van der Waals surface area contributed by atoms with Crippen molar-refractivity contribution in [3.8, 4) is 0 Å². The van der Waals surface area contributed by atoms with E-state index in [1.165, 1.54) is 22.4 Å². The van der Waals surface area contributed by atoms with Gasteiger partial charge in [-0.2, -0.15) is 0 Å². The molecule has 1 N–H and O–H groups in total. The van der Waals surface area contributed by atoms with Gasteiger partial charge in [0.25, 0.3) is 0 Å². The van der Waals surface area contributed by atoms with Gasteiger partial charge in [0.05, 0.1) is 18.6 Å². The van der Waals surface area contributed by atoms with Gasteiger partial charge in [0, 0.05) is 25.4 Å². The van der Waals surface area contributed by atoms with Crippen molar-refractivity contribution in [1.82, 2.24) is 14.9 Å². The molecule has 1 aromatic heterocycles. The first-order chi connectivity index (χ1) is 11.8. The Morgan fingerprint density at radius 1 is 1.33 bits per heavy atom. The molecule has 0 radical (unpaired) electrons. The second kappa shape index (κ2) is 6.15. The summed E-state index contributed by atoms with van der Waals surface area (Å²) >= 11 is 0. The van der Waals surface area contributed by atoms with E-state index in [-0.39, 0.29) is 0 Å². The van der Waals surface area contributed by atoms with Crippen molar-refractivity contribution in [2.45, 2.75) is 26.2 Å². The highest BCUT2D eigenvalue weighted by Crippen LogP contribution is 2.42. The fourth-order valence-electron chi connectivity index (χ4n) is 3.43. The van der Waals surface area contributed by atoms with Crippen molar-refractivity contribution in [2.75, 3.05) is 20.2 Å². The van der Waals surface area contributed by atoms with Gasteiger partial charge in [-0.25, -0.2) is 4.98 Å². The van der Waals surface area contributed by atoms with Crippen LogP contribution in [0.15, 0.2) is 58.2 Å².